The minimum atomic E-state index is -3.83. The van der Waals surface area contributed by atoms with Crippen LogP contribution in [0.25, 0.3) is 0 Å². The molecule has 1 saturated carbocycles. The highest BCUT2D eigenvalue weighted by Crippen LogP contribution is 2.33. The Bertz CT molecular complexity index is 762. The van der Waals surface area contributed by atoms with Gasteiger partial charge in [-0.1, -0.05) is 19.8 Å². The van der Waals surface area contributed by atoms with Crippen molar-refractivity contribution >= 4 is 21.4 Å². The van der Waals surface area contributed by atoms with Crippen molar-refractivity contribution in [2.24, 2.45) is 5.92 Å². The minimum absolute atomic E-state index is 0.0219. The van der Waals surface area contributed by atoms with Crippen LogP contribution in [-0.2, 0) is 14.8 Å². The van der Waals surface area contributed by atoms with Crippen LogP contribution in [0.4, 0.5) is 11.4 Å². The number of nitrogens with one attached hydrogen (secondary N) is 1. The second-order valence-electron chi connectivity index (χ2n) is 6.97. The summed E-state index contributed by atoms with van der Waals surface area (Å²) in [4.78, 5) is 10.6. The van der Waals surface area contributed by atoms with Crippen LogP contribution in [0.15, 0.2) is 23.1 Å². The molecule has 3 rings (SSSR count). The van der Waals surface area contributed by atoms with Crippen LogP contribution in [-0.4, -0.2) is 50.0 Å². The zero-order valence-electron chi connectivity index (χ0n) is 14.9. The number of hydrogen-bond donors (Lipinski definition) is 1. The summed E-state index contributed by atoms with van der Waals surface area (Å²) in [5.74, 6) is 0.429. The van der Waals surface area contributed by atoms with E-state index in [4.69, 9.17) is 4.74 Å². The highest BCUT2D eigenvalue weighted by molar-refractivity contribution is 7.89. The molecule has 8 nitrogen and oxygen atoms in total. The van der Waals surface area contributed by atoms with Gasteiger partial charge in [-0.25, -0.2) is 8.42 Å². The molecule has 26 heavy (non-hydrogen) atoms. The Labute approximate surface area is 153 Å². The van der Waals surface area contributed by atoms with Crippen molar-refractivity contribution in [1.82, 2.24) is 4.31 Å². The molecule has 0 bridgehead atoms. The first kappa shape index (κ1) is 19.1. The molecule has 1 N–H and O–H groups in total. The van der Waals surface area contributed by atoms with Gasteiger partial charge in [-0.3, -0.25) is 10.1 Å². The number of rotatable bonds is 5. The van der Waals surface area contributed by atoms with Gasteiger partial charge in [0.2, 0.25) is 10.0 Å². The quantitative estimate of drug-likeness (QED) is 0.619. The molecule has 0 aromatic heterocycles. The standard InChI is InChI=1S/C17H25N3O5S/c1-13-4-2-3-5-15(13)18-16-7-6-14(20(21)22)12-17(16)26(23,24)19-8-10-25-11-9-19/h6-7,12-13,15,18H,2-5,8-11H2,1H3. The fourth-order valence-electron chi connectivity index (χ4n) is 3.61. The molecule has 1 aliphatic heterocycles. The summed E-state index contributed by atoms with van der Waals surface area (Å²) in [7, 11) is -3.83. The number of nitro groups is 1. The highest BCUT2D eigenvalue weighted by Gasteiger charge is 2.31. The number of nitro benzene ring substituents is 1. The van der Waals surface area contributed by atoms with Gasteiger partial charge < -0.3 is 10.1 Å². The van der Waals surface area contributed by atoms with E-state index in [1.165, 1.54) is 28.9 Å². The minimum Gasteiger partial charge on any atom is -0.381 e. The lowest BCUT2D eigenvalue weighted by molar-refractivity contribution is -0.385. The number of morpholine rings is 1. The van der Waals surface area contributed by atoms with Crippen molar-refractivity contribution in [2.75, 3.05) is 31.6 Å². The maximum absolute atomic E-state index is 13.1. The first-order valence-electron chi connectivity index (χ1n) is 9.02. The van der Waals surface area contributed by atoms with Crippen LogP contribution in [0.5, 0.6) is 0 Å². The molecule has 0 spiro atoms. The second-order valence-corrected chi connectivity index (χ2v) is 8.87. The Morgan fingerprint density at radius 3 is 2.58 bits per heavy atom. The van der Waals surface area contributed by atoms with E-state index < -0.39 is 14.9 Å². The third kappa shape index (κ3) is 3.99. The summed E-state index contributed by atoms with van der Waals surface area (Å²) in [6, 6.07) is 4.21. The Hall–Kier alpha value is -1.71. The van der Waals surface area contributed by atoms with E-state index in [-0.39, 0.29) is 29.7 Å². The van der Waals surface area contributed by atoms with E-state index in [9.17, 15) is 18.5 Å². The van der Waals surface area contributed by atoms with Crippen molar-refractivity contribution < 1.29 is 18.1 Å². The van der Waals surface area contributed by atoms with Crippen LogP contribution >= 0.6 is 0 Å². The van der Waals surface area contributed by atoms with Crippen LogP contribution in [0.1, 0.15) is 32.6 Å². The number of benzene rings is 1. The van der Waals surface area contributed by atoms with Gasteiger partial charge in [0, 0.05) is 31.3 Å². The monoisotopic (exact) mass is 383 g/mol. The number of non-ortho nitro benzene ring substituents is 1. The number of nitrogens with zero attached hydrogens (tertiary/aromatic N) is 2. The summed E-state index contributed by atoms with van der Waals surface area (Å²) < 4.78 is 32.8. The van der Waals surface area contributed by atoms with E-state index in [1.807, 2.05) is 0 Å². The molecule has 1 aromatic carbocycles. The average molecular weight is 383 g/mol. The van der Waals surface area contributed by atoms with Crippen LogP contribution in [0, 0.1) is 16.0 Å². The molecule has 0 amide bonds. The largest absolute Gasteiger partial charge is 0.381 e. The van der Waals surface area contributed by atoms with E-state index in [0.29, 0.717) is 24.8 Å². The molecule has 2 fully saturated rings. The van der Waals surface area contributed by atoms with Crippen LogP contribution < -0.4 is 5.32 Å². The molecule has 9 heteroatoms. The molecule has 2 unspecified atom stereocenters. The van der Waals surface area contributed by atoms with Crippen molar-refractivity contribution in [3.63, 3.8) is 0 Å². The topological polar surface area (TPSA) is 102 Å². The fourth-order valence-corrected chi connectivity index (χ4v) is 5.20. The summed E-state index contributed by atoms with van der Waals surface area (Å²) in [5.41, 5.74) is 0.222. The smallest absolute Gasteiger partial charge is 0.270 e. The maximum atomic E-state index is 13.1. The number of anilines is 1. The second kappa shape index (κ2) is 7.89. The van der Waals surface area contributed by atoms with Crippen LogP contribution in [0.2, 0.25) is 0 Å². The first-order chi connectivity index (χ1) is 12.4. The lowest BCUT2D eigenvalue weighted by Crippen LogP contribution is -2.41. The van der Waals surface area contributed by atoms with Gasteiger partial charge in [0.05, 0.1) is 23.8 Å². The van der Waals surface area contributed by atoms with E-state index in [0.717, 1.165) is 19.3 Å². The molecule has 1 heterocycles. The summed E-state index contributed by atoms with van der Waals surface area (Å²) >= 11 is 0. The molecule has 2 atom stereocenters. The molecule has 1 saturated heterocycles. The van der Waals surface area contributed by atoms with E-state index in [2.05, 4.69) is 12.2 Å². The first-order valence-corrected chi connectivity index (χ1v) is 10.5. The molecule has 2 aliphatic rings. The molecule has 1 aliphatic carbocycles. The molecule has 0 radical (unpaired) electrons. The SMILES string of the molecule is CC1CCCCC1Nc1ccc([N+](=O)[O-])cc1S(=O)(=O)N1CCOCC1. The van der Waals surface area contributed by atoms with Crippen molar-refractivity contribution in [1.29, 1.82) is 0 Å². The predicted molar refractivity (Wildman–Crippen MR) is 97.7 cm³/mol. The average Bonchev–Trinajstić information content (AvgIpc) is 2.64. The van der Waals surface area contributed by atoms with E-state index in [1.54, 1.807) is 0 Å². The maximum Gasteiger partial charge on any atom is 0.270 e. The van der Waals surface area contributed by atoms with E-state index >= 15 is 0 Å². The van der Waals surface area contributed by atoms with Crippen molar-refractivity contribution in [3.8, 4) is 0 Å². The van der Waals surface area contributed by atoms with Gasteiger partial charge in [0.1, 0.15) is 4.90 Å². The Morgan fingerprint density at radius 1 is 1.23 bits per heavy atom. The zero-order valence-corrected chi connectivity index (χ0v) is 15.7. The fraction of sp³-hybridized carbons (Fsp3) is 0.647. The number of hydrogen-bond acceptors (Lipinski definition) is 6. The molecular formula is C17H25N3O5S. The Morgan fingerprint density at radius 2 is 1.92 bits per heavy atom. The predicted octanol–water partition coefficient (Wildman–Crippen LogP) is 2.61. The summed E-state index contributed by atoms with van der Waals surface area (Å²) in [6.07, 6.45) is 4.34. The van der Waals surface area contributed by atoms with Gasteiger partial charge in [-0.05, 0) is 24.8 Å². The van der Waals surface area contributed by atoms with Gasteiger partial charge in [0.25, 0.3) is 5.69 Å². The Kier molecular flexibility index (Phi) is 5.79. The highest BCUT2D eigenvalue weighted by atomic mass is 32.2. The van der Waals surface area contributed by atoms with Crippen molar-refractivity contribution in [2.45, 2.75) is 43.5 Å². The van der Waals surface area contributed by atoms with Crippen LogP contribution in [0.3, 0.4) is 0 Å². The molecule has 144 valence electrons. The third-order valence-electron chi connectivity index (χ3n) is 5.22. The van der Waals surface area contributed by atoms with Gasteiger partial charge in [-0.2, -0.15) is 4.31 Å². The normalized spacial score (nSPS) is 25.0. The molecule has 1 aromatic rings. The lowest BCUT2D eigenvalue weighted by atomic mass is 9.86. The summed E-state index contributed by atoms with van der Waals surface area (Å²) in [5, 5.41) is 14.5. The molecular weight excluding hydrogens is 358 g/mol. The van der Waals surface area contributed by atoms with Gasteiger partial charge in [0.15, 0.2) is 0 Å². The van der Waals surface area contributed by atoms with Crippen molar-refractivity contribution in [3.05, 3.63) is 28.3 Å². The summed E-state index contributed by atoms with van der Waals surface area (Å²) in [6.45, 7) is 3.32. The number of sulfonamides is 1. The van der Waals surface area contributed by atoms with Gasteiger partial charge in [-0.15, -0.1) is 0 Å². The lowest BCUT2D eigenvalue weighted by Gasteiger charge is -2.32. The zero-order chi connectivity index (χ0) is 18.7. The number of ether oxygens (including phenoxy) is 1. The Balaban J connectivity index is 1.97. The third-order valence-corrected chi connectivity index (χ3v) is 7.15. The van der Waals surface area contributed by atoms with Gasteiger partial charge >= 0.3 is 0 Å².